The Bertz CT molecular complexity index is 539. The SMILES string of the molecule is COC(=O)/C=C(/C#CC1=CCCCC1)CO[Si](C)(C)C(C)(C)C. The first-order chi connectivity index (χ1) is 10.7. The first kappa shape index (κ1) is 19.7. The number of hydrogen-bond acceptors (Lipinski definition) is 3. The Morgan fingerprint density at radius 3 is 2.57 bits per heavy atom. The van der Waals surface area contributed by atoms with Crippen LogP contribution in [0.15, 0.2) is 23.3 Å². The van der Waals surface area contributed by atoms with Gasteiger partial charge in [0, 0.05) is 11.6 Å². The van der Waals surface area contributed by atoms with Crippen LogP contribution in [0.4, 0.5) is 0 Å². The molecule has 0 fully saturated rings. The molecule has 0 heterocycles. The van der Waals surface area contributed by atoms with Crippen LogP contribution in [0.2, 0.25) is 18.1 Å². The summed E-state index contributed by atoms with van der Waals surface area (Å²) in [6.07, 6.45) is 8.20. The molecule has 128 valence electrons. The van der Waals surface area contributed by atoms with E-state index in [0.29, 0.717) is 12.2 Å². The van der Waals surface area contributed by atoms with Gasteiger partial charge < -0.3 is 9.16 Å². The fourth-order valence-corrected chi connectivity index (χ4v) is 2.85. The van der Waals surface area contributed by atoms with Gasteiger partial charge in [0.05, 0.1) is 13.7 Å². The number of hydrogen-bond donors (Lipinski definition) is 0. The highest BCUT2D eigenvalue weighted by molar-refractivity contribution is 6.74. The molecule has 3 nitrogen and oxygen atoms in total. The molecule has 1 aliphatic carbocycles. The molecule has 1 aliphatic rings. The molecule has 0 aromatic carbocycles. The maximum atomic E-state index is 11.6. The molecule has 0 saturated carbocycles. The van der Waals surface area contributed by atoms with Gasteiger partial charge in [0.25, 0.3) is 0 Å². The van der Waals surface area contributed by atoms with E-state index < -0.39 is 8.32 Å². The molecule has 0 spiro atoms. The minimum atomic E-state index is -1.87. The van der Waals surface area contributed by atoms with Gasteiger partial charge in [-0.15, -0.1) is 0 Å². The molecule has 0 N–H and O–H groups in total. The number of esters is 1. The zero-order chi connectivity index (χ0) is 17.5. The van der Waals surface area contributed by atoms with Gasteiger partial charge >= 0.3 is 5.97 Å². The van der Waals surface area contributed by atoms with Crippen molar-refractivity contribution in [3.05, 3.63) is 23.3 Å². The number of methoxy groups -OCH3 is 1. The van der Waals surface area contributed by atoms with Crippen LogP contribution >= 0.6 is 0 Å². The summed E-state index contributed by atoms with van der Waals surface area (Å²) >= 11 is 0. The Morgan fingerprint density at radius 1 is 1.35 bits per heavy atom. The molecule has 4 heteroatoms. The molecule has 0 unspecified atom stereocenters. The minimum Gasteiger partial charge on any atom is -0.466 e. The summed E-state index contributed by atoms with van der Waals surface area (Å²) in [5.41, 5.74) is 1.85. The highest BCUT2D eigenvalue weighted by atomic mass is 28.4. The highest BCUT2D eigenvalue weighted by Crippen LogP contribution is 2.36. The van der Waals surface area contributed by atoms with Crippen LogP contribution in [0, 0.1) is 11.8 Å². The maximum absolute atomic E-state index is 11.6. The Morgan fingerprint density at radius 2 is 2.04 bits per heavy atom. The quantitative estimate of drug-likeness (QED) is 0.326. The van der Waals surface area contributed by atoms with Crippen LogP contribution in [0.3, 0.4) is 0 Å². The smallest absolute Gasteiger partial charge is 0.331 e. The Labute approximate surface area is 142 Å². The first-order valence-corrected chi connectivity index (χ1v) is 11.2. The summed E-state index contributed by atoms with van der Waals surface area (Å²) in [5.74, 6) is 5.93. The van der Waals surface area contributed by atoms with Crippen LogP contribution in [-0.2, 0) is 14.0 Å². The first-order valence-electron chi connectivity index (χ1n) is 8.29. The second kappa shape index (κ2) is 8.51. The van der Waals surface area contributed by atoms with Gasteiger partial charge in [-0.05, 0) is 49.4 Å². The van der Waals surface area contributed by atoms with Crippen molar-refractivity contribution < 1.29 is 14.0 Å². The van der Waals surface area contributed by atoms with Crippen molar-refractivity contribution in [2.24, 2.45) is 0 Å². The van der Waals surface area contributed by atoms with Gasteiger partial charge in [0.2, 0.25) is 0 Å². The number of rotatable bonds is 4. The molecular formula is C19H30O3Si. The summed E-state index contributed by atoms with van der Waals surface area (Å²) < 4.78 is 10.9. The third-order valence-corrected chi connectivity index (χ3v) is 9.04. The van der Waals surface area contributed by atoms with Crippen molar-refractivity contribution in [2.75, 3.05) is 13.7 Å². The zero-order valence-corrected chi connectivity index (χ0v) is 16.4. The molecule has 0 atom stereocenters. The van der Waals surface area contributed by atoms with E-state index in [9.17, 15) is 4.79 Å². The van der Waals surface area contributed by atoms with Crippen molar-refractivity contribution in [3.8, 4) is 11.8 Å². The minimum absolute atomic E-state index is 0.128. The van der Waals surface area contributed by atoms with E-state index in [2.05, 4.69) is 51.8 Å². The van der Waals surface area contributed by atoms with Crippen LogP contribution in [-0.4, -0.2) is 28.0 Å². The van der Waals surface area contributed by atoms with Gasteiger partial charge in [-0.1, -0.05) is 38.7 Å². The summed E-state index contributed by atoms with van der Waals surface area (Å²) in [6, 6.07) is 0. The normalized spacial score (nSPS) is 16.3. The van der Waals surface area contributed by atoms with E-state index in [4.69, 9.17) is 9.16 Å². The molecule has 0 aromatic rings. The Kier molecular flexibility index (Phi) is 7.30. The number of allylic oxidation sites excluding steroid dienone is 2. The molecule has 0 aliphatic heterocycles. The van der Waals surface area contributed by atoms with Crippen molar-refractivity contribution in [1.29, 1.82) is 0 Å². The van der Waals surface area contributed by atoms with Crippen LogP contribution in [0.1, 0.15) is 46.5 Å². The predicted octanol–water partition coefficient (Wildman–Crippen LogP) is 4.61. The summed E-state index contributed by atoms with van der Waals surface area (Å²) in [5, 5.41) is 0.128. The maximum Gasteiger partial charge on any atom is 0.331 e. The largest absolute Gasteiger partial charge is 0.466 e. The summed E-state index contributed by atoms with van der Waals surface area (Å²) in [4.78, 5) is 11.6. The van der Waals surface area contributed by atoms with E-state index in [1.54, 1.807) is 0 Å². The number of carbonyl (C=O) groups excluding carboxylic acids is 1. The second-order valence-electron chi connectivity index (χ2n) is 7.47. The van der Waals surface area contributed by atoms with Crippen molar-refractivity contribution in [2.45, 2.75) is 64.6 Å². The summed E-state index contributed by atoms with van der Waals surface area (Å²) in [6.45, 7) is 11.3. The topological polar surface area (TPSA) is 35.5 Å². The van der Waals surface area contributed by atoms with Crippen LogP contribution < -0.4 is 0 Å². The van der Waals surface area contributed by atoms with E-state index in [1.165, 1.54) is 31.6 Å². The van der Waals surface area contributed by atoms with Gasteiger partial charge in [0.1, 0.15) is 0 Å². The molecule has 0 aromatic heterocycles. The zero-order valence-electron chi connectivity index (χ0n) is 15.4. The monoisotopic (exact) mass is 334 g/mol. The lowest BCUT2D eigenvalue weighted by Gasteiger charge is -2.36. The van der Waals surface area contributed by atoms with E-state index in [1.807, 2.05) is 0 Å². The molecular weight excluding hydrogens is 304 g/mol. The molecule has 1 rings (SSSR count). The fourth-order valence-electron chi connectivity index (χ4n) is 1.90. The highest BCUT2D eigenvalue weighted by Gasteiger charge is 2.37. The van der Waals surface area contributed by atoms with Gasteiger partial charge in [-0.3, -0.25) is 0 Å². The molecule has 0 amide bonds. The number of ether oxygens (including phenoxy) is 1. The van der Waals surface area contributed by atoms with Gasteiger partial charge in [-0.2, -0.15) is 0 Å². The lowest BCUT2D eigenvalue weighted by Crippen LogP contribution is -2.41. The van der Waals surface area contributed by atoms with Gasteiger partial charge in [0.15, 0.2) is 8.32 Å². The van der Waals surface area contributed by atoms with Crippen molar-refractivity contribution in [1.82, 2.24) is 0 Å². The Balaban J connectivity index is 2.86. The molecule has 0 saturated heterocycles. The summed E-state index contributed by atoms with van der Waals surface area (Å²) in [7, 11) is -0.496. The lowest BCUT2D eigenvalue weighted by atomic mass is 10.00. The fraction of sp³-hybridized carbons (Fsp3) is 0.632. The lowest BCUT2D eigenvalue weighted by molar-refractivity contribution is -0.134. The standard InChI is InChI=1S/C19H30O3Si/c1-19(2,3)23(5,6)22-15-17(14-18(20)21-4)13-12-16-10-8-7-9-11-16/h10,14H,7-9,11,15H2,1-6H3/b17-14-. The number of carbonyl (C=O) groups is 1. The average Bonchev–Trinajstić information content (AvgIpc) is 2.49. The average molecular weight is 335 g/mol. The van der Waals surface area contributed by atoms with Crippen molar-refractivity contribution >= 4 is 14.3 Å². The van der Waals surface area contributed by atoms with E-state index >= 15 is 0 Å². The van der Waals surface area contributed by atoms with Crippen LogP contribution in [0.25, 0.3) is 0 Å². The van der Waals surface area contributed by atoms with Crippen LogP contribution in [0.5, 0.6) is 0 Å². The molecule has 23 heavy (non-hydrogen) atoms. The van der Waals surface area contributed by atoms with E-state index in [0.717, 1.165) is 12.8 Å². The Hall–Kier alpha value is -1.31. The van der Waals surface area contributed by atoms with E-state index in [-0.39, 0.29) is 11.0 Å². The molecule has 0 bridgehead atoms. The second-order valence-corrected chi connectivity index (χ2v) is 12.3. The predicted molar refractivity (Wildman–Crippen MR) is 97.6 cm³/mol. The third-order valence-electron chi connectivity index (χ3n) is 4.56. The third kappa shape index (κ3) is 6.76. The molecule has 0 radical (unpaired) electrons. The van der Waals surface area contributed by atoms with Gasteiger partial charge in [-0.25, -0.2) is 4.79 Å². The van der Waals surface area contributed by atoms with Crippen molar-refractivity contribution in [3.63, 3.8) is 0 Å².